The number of thioether (sulfide) groups is 1. The van der Waals surface area contributed by atoms with Gasteiger partial charge in [-0.05, 0) is 48.9 Å². The molecule has 0 aliphatic heterocycles. The SMILES string of the molecule is CCCc1nc(S/C(=C\c2ccc(-c3cccc(C(=O)[O-])c3C)o2)C(=O)[O-])n[nH]1. The molecule has 0 radical (unpaired) electrons. The Morgan fingerprint density at radius 2 is 2.03 bits per heavy atom. The van der Waals surface area contributed by atoms with Crippen LogP contribution in [0.2, 0.25) is 0 Å². The van der Waals surface area contributed by atoms with E-state index in [2.05, 4.69) is 15.2 Å². The van der Waals surface area contributed by atoms with Crippen LogP contribution in [0.5, 0.6) is 0 Å². The van der Waals surface area contributed by atoms with Gasteiger partial charge in [-0.15, -0.1) is 5.10 Å². The number of benzene rings is 1. The van der Waals surface area contributed by atoms with E-state index < -0.39 is 11.9 Å². The van der Waals surface area contributed by atoms with E-state index in [4.69, 9.17) is 4.42 Å². The molecule has 0 saturated carbocycles. The summed E-state index contributed by atoms with van der Waals surface area (Å²) in [7, 11) is 0. The number of aromatic carboxylic acids is 1. The largest absolute Gasteiger partial charge is 0.545 e. The second kappa shape index (κ2) is 8.78. The Labute approximate surface area is 170 Å². The van der Waals surface area contributed by atoms with Gasteiger partial charge in [0.2, 0.25) is 5.16 Å². The predicted molar refractivity (Wildman–Crippen MR) is 102 cm³/mol. The highest BCUT2D eigenvalue weighted by molar-refractivity contribution is 8.04. The Kier molecular flexibility index (Phi) is 6.18. The number of furan rings is 1. The van der Waals surface area contributed by atoms with Gasteiger partial charge in [0.1, 0.15) is 17.3 Å². The summed E-state index contributed by atoms with van der Waals surface area (Å²) in [6.45, 7) is 3.65. The van der Waals surface area contributed by atoms with E-state index in [1.165, 1.54) is 12.1 Å². The van der Waals surface area contributed by atoms with Crippen molar-refractivity contribution in [3.05, 3.63) is 57.9 Å². The monoisotopic (exact) mass is 411 g/mol. The van der Waals surface area contributed by atoms with Gasteiger partial charge >= 0.3 is 0 Å². The van der Waals surface area contributed by atoms with E-state index in [0.29, 0.717) is 29.1 Å². The summed E-state index contributed by atoms with van der Waals surface area (Å²) >= 11 is 0.853. The third-order valence-electron chi connectivity index (χ3n) is 4.12. The molecule has 29 heavy (non-hydrogen) atoms. The number of H-pyrrole nitrogens is 1. The maximum Gasteiger partial charge on any atom is 0.213 e. The lowest BCUT2D eigenvalue weighted by Crippen LogP contribution is -2.23. The number of hydrogen-bond donors (Lipinski definition) is 1. The van der Waals surface area contributed by atoms with Crippen molar-refractivity contribution in [1.29, 1.82) is 0 Å². The van der Waals surface area contributed by atoms with Gasteiger partial charge in [-0.25, -0.2) is 4.98 Å². The molecule has 0 aliphatic rings. The first-order valence-corrected chi connectivity index (χ1v) is 9.64. The molecule has 1 N–H and O–H groups in total. The number of nitrogens with zero attached hydrogens (tertiary/aromatic N) is 2. The molecule has 0 amide bonds. The van der Waals surface area contributed by atoms with E-state index in [1.54, 1.807) is 31.2 Å². The smallest absolute Gasteiger partial charge is 0.213 e. The minimum absolute atomic E-state index is 0.0643. The zero-order valence-corrected chi connectivity index (χ0v) is 16.5. The van der Waals surface area contributed by atoms with Crippen molar-refractivity contribution in [1.82, 2.24) is 15.2 Å². The number of carbonyl (C=O) groups excluding carboxylic acids is 2. The molecule has 0 aliphatic carbocycles. The van der Waals surface area contributed by atoms with Crippen LogP contribution < -0.4 is 10.2 Å². The summed E-state index contributed by atoms with van der Waals surface area (Å²) in [6.07, 6.45) is 2.91. The van der Waals surface area contributed by atoms with E-state index in [1.807, 2.05) is 6.92 Å². The van der Waals surface area contributed by atoms with Crippen molar-refractivity contribution < 1.29 is 24.2 Å². The zero-order valence-electron chi connectivity index (χ0n) is 15.7. The molecule has 2 aromatic heterocycles. The highest BCUT2D eigenvalue weighted by Gasteiger charge is 2.12. The number of rotatable bonds is 8. The normalized spacial score (nSPS) is 11.6. The van der Waals surface area contributed by atoms with E-state index in [9.17, 15) is 19.8 Å². The molecule has 150 valence electrons. The van der Waals surface area contributed by atoms with Crippen LogP contribution in [-0.2, 0) is 11.2 Å². The average molecular weight is 411 g/mol. The van der Waals surface area contributed by atoms with Crippen LogP contribution in [0.3, 0.4) is 0 Å². The summed E-state index contributed by atoms with van der Waals surface area (Å²) in [6, 6.07) is 7.98. The van der Waals surface area contributed by atoms with Crippen molar-refractivity contribution >= 4 is 29.8 Å². The van der Waals surface area contributed by atoms with Crippen LogP contribution in [0.25, 0.3) is 17.4 Å². The lowest BCUT2D eigenvalue weighted by molar-refractivity contribution is -0.298. The molecule has 0 fully saturated rings. The lowest BCUT2D eigenvalue weighted by atomic mass is 10.0. The fourth-order valence-electron chi connectivity index (χ4n) is 2.73. The molecule has 1 aromatic carbocycles. The van der Waals surface area contributed by atoms with E-state index in [0.717, 1.165) is 18.2 Å². The highest BCUT2D eigenvalue weighted by atomic mass is 32.2. The van der Waals surface area contributed by atoms with Crippen LogP contribution in [-0.4, -0.2) is 27.1 Å². The number of hydrogen-bond acceptors (Lipinski definition) is 8. The topological polar surface area (TPSA) is 135 Å². The standard InChI is InChI=1S/C20H19N3O5S/c1-3-5-17-21-20(23-22-17)29-16(19(26)27)10-12-8-9-15(28-12)13-6-4-7-14(11(13)2)18(24)25/h4,6-10H,3,5H2,1-2H3,(H,24,25)(H,26,27)(H,21,22,23)/p-2/b16-10-. The number of carboxylic acid groups (broad SMARTS) is 2. The van der Waals surface area contributed by atoms with Crippen molar-refractivity contribution in [2.24, 2.45) is 0 Å². The Morgan fingerprint density at radius 3 is 2.72 bits per heavy atom. The van der Waals surface area contributed by atoms with Gasteiger partial charge in [-0.2, -0.15) is 0 Å². The Hall–Kier alpha value is -3.33. The van der Waals surface area contributed by atoms with Crippen molar-refractivity contribution in [2.45, 2.75) is 31.8 Å². The van der Waals surface area contributed by atoms with Crippen molar-refractivity contribution in [3.8, 4) is 11.3 Å². The summed E-state index contributed by atoms with van der Waals surface area (Å²) in [5, 5.41) is 29.7. The van der Waals surface area contributed by atoms with Crippen molar-refractivity contribution in [3.63, 3.8) is 0 Å². The first kappa shape index (κ1) is 20.4. The van der Waals surface area contributed by atoms with Gasteiger partial charge in [0.15, 0.2) is 0 Å². The number of nitrogens with one attached hydrogen (secondary N) is 1. The summed E-state index contributed by atoms with van der Waals surface area (Å²) in [5.74, 6) is -1.31. The second-order valence-corrected chi connectivity index (χ2v) is 7.19. The first-order chi connectivity index (χ1) is 13.9. The minimum atomic E-state index is -1.38. The summed E-state index contributed by atoms with van der Waals surface area (Å²) in [4.78, 5) is 26.8. The number of carbonyl (C=O) groups is 2. The first-order valence-electron chi connectivity index (χ1n) is 8.82. The summed E-state index contributed by atoms with van der Waals surface area (Å²) < 4.78 is 5.70. The molecular weight excluding hydrogens is 394 g/mol. The maximum absolute atomic E-state index is 11.5. The molecule has 3 aromatic rings. The fourth-order valence-corrected chi connectivity index (χ4v) is 3.43. The van der Waals surface area contributed by atoms with Gasteiger partial charge in [-0.1, -0.05) is 25.1 Å². The number of aryl methyl sites for hydroxylation is 1. The highest BCUT2D eigenvalue weighted by Crippen LogP contribution is 2.30. The quantitative estimate of drug-likeness (QED) is 0.436. The van der Waals surface area contributed by atoms with Crippen LogP contribution in [0.4, 0.5) is 0 Å². The van der Waals surface area contributed by atoms with Crippen LogP contribution in [0.1, 0.15) is 40.9 Å². The van der Waals surface area contributed by atoms with Crippen LogP contribution in [0, 0.1) is 6.92 Å². The molecule has 2 heterocycles. The molecule has 0 bridgehead atoms. The Bertz CT molecular complexity index is 1080. The van der Waals surface area contributed by atoms with Gasteiger partial charge in [0.25, 0.3) is 0 Å². The third-order valence-corrected chi connectivity index (χ3v) is 4.99. The van der Waals surface area contributed by atoms with Crippen molar-refractivity contribution in [2.75, 3.05) is 0 Å². The minimum Gasteiger partial charge on any atom is -0.545 e. The molecule has 0 unspecified atom stereocenters. The van der Waals surface area contributed by atoms with E-state index in [-0.39, 0.29) is 21.4 Å². The average Bonchev–Trinajstić information content (AvgIpc) is 3.31. The molecule has 3 rings (SSSR count). The van der Waals surface area contributed by atoms with Gasteiger partial charge < -0.3 is 24.2 Å². The molecule has 0 saturated heterocycles. The predicted octanol–water partition coefficient (Wildman–Crippen LogP) is 1.57. The van der Waals surface area contributed by atoms with Gasteiger partial charge in [-0.3, -0.25) is 5.10 Å². The number of aromatic nitrogens is 3. The van der Waals surface area contributed by atoms with Gasteiger partial charge in [0, 0.05) is 22.5 Å². The second-order valence-electron chi connectivity index (χ2n) is 6.18. The molecule has 8 nitrogen and oxygen atoms in total. The fraction of sp³-hybridized carbons (Fsp3) is 0.200. The Balaban J connectivity index is 1.87. The molecule has 0 spiro atoms. The number of aliphatic carboxylic acids is 1. The summed E-state index contributed by atoms with van der Waals surface area (Å²) in [5.41, 5.74) is 1.14. The van der Waals surface area contributed by atoms with E-state index >= 15 is 0 Å². The third kappa shape index (κ3) is 4.75. The molecular formula is C20H17N3O5S-2. The molecule has 9 heteroatoms. The number of aromatic amines is 1. The zero-order chi connectivity index (χ0) is 21.0. The van der Waals surface area contributed by atoms with Crippen LogP contribution in [0.15, 0.2) is 44.8 Å². The maximum atomic E-state index is 11.5. The number of carboxylic acids is 2. The lowest BCUT2D eigenvalue weighted by Gasteiger charge is -2.10. The van der Waals surface area contributed by atoms with Crippen LogP contribution >= 0.6 is 11.8 Å². The Morgan fingerprint density at radius 1 is 1.24 bits per heavy atom. The van der Waals surface area contributed by atoms with Gasteiger partial charge in [0.05, 0.1) is 11.9 Å². The molecule has 0 atom stereocenters.